The van der Waals surface area contributed by atoms with Crippen LogP contribution in [0.25, 0.3) is 22.4 Å². The zero-order valence-electron chi connectivity index (χ0n) is 18.0. The van der Waals surface area contributed by atoms with Crippen molar-refractivity contribution in [1.82, 2.24) is 20.2 Å². The fraction of sp³-hybridized carbons (Fsp3) is 0.292. The van der Waals surface area contributed by atoms with Gasteiger partial charge < -0.3 is 19.9 Å². The maximum atomic E-state index is 14.7. The van der Waals surface area contributed by atoms with Crippen molar-refractivity contribution in [2.75, 3.05) is 20.2 Å². The zero-order valence-corrected chi connectivity index (χ0v) is 18.0. The van der Waals surface area contributed by atoms with Gasteiger partial charge in [-0.2, -0.15) is 0 Å². The first-order valence-electron chi connectivity index (χ1n) is 10.5. The van der Waals surface area contributed by atoms with Crippen LogP contribution in [0.3, 0.4) is 0 Å². The van der Waals surface area contributed by atoms with Crippen molar-refractivity contribution in [2.45, 2.75) is 25.8 Å². The third kappa shape index (κ3) is 4.34. The molecule has 32 heavy (non-hydrogen) atoms. The van der Waals surface area contributed by atoms with E-state index in [2.05, 4.69) is 20.0 Å². The number of nitrogens with one attached hydrogen (secondary N) is 2. The van der Waals surface area contributed by atoms with Crippen LogP contribution in [0.4, 0.5) is 9.18 Å². The van der Waals surface area contributed by atoms with Gasteiger partial charge in [-0.3, -0.25) is 4.79 Å². The number of rotatable bonds is 5. The highest BCUT2D eigenvalue weighted by Crippen LogP contribution is 2.34. The summed E-state index contributed by atoms with van der Waals surface area (Å²) in [5.74, 6) is 0.152. The van der Waals surface area contributed by atoms with Gasteiger partial charge in [0.2, 0.25) is 5.91 Å². The van der Waals surface area contributed by atoms with Gasteiger partial charge in [-0.25, -0.2) is 14.2 Å². The first-order valence-corrected chi connectivity index (χ1v) is 10.5. The third-order valence-electron chi connectivity index (χ3n) is 5.79. The monoisotopic (exact) mass is 436 g/mol. The zero-order chi connectivity index (χ0) is 22.7. The number of methoxy groups -OCH3 is 1. The molecule has 1 saturated heterocycles. The van der Waals surface area contributed by atoms with Crippen LogP contribution in [0.2, 0.25) is 0 Å². The molecular weight excluding hydrogens is 411 g/mol. The Labute approximate surface area is 185 Å². The van der Waals surface area contributed by atoms with Gasteiger partial charge >= 0.3 is 6.09 Å². The van der Waals surface area contributed by atoms with Crippen molar-refractivity contribution in [1.29, 1.82) is 0 Å². The fourth-order valence-corrected chi connectivity index (χ4v) is 4.08. The van der Waals surface area contributed by atoms with E-state index < -0.39 is 6.09 Å². The summed E-state index contributed by atoms with van der Waals surface area (Å²) in [4.78, 5) is 33.3. The first-order chi connectivity index (χ1) is 15.5. The number of H-pyrrole nitrogens is 1. The maximum absolute atomic E-state index is 14.7. The van der Waals surface area contributed by atoms with E-state index in [4.69, 9.17) is 0 Å². The van der Waals surface area contributed by atoms with Crippen molar-refractivity contribution in [2.24, 2.45) is 0 Å². The van der Waals surface area contributed by atoms with Gasteiger partial charge in [-0.1, -0.05) is 30.3 Å². The lowest BCUT2D eigenvalue weighted by Gasteiger charge is -2.23. The average Bonchev–Trinajstić information content (AvgIpc) is 3.49. The molecular formula is C24H25FN4O3. The maximum Gasteiger partial charge on any atom is 0.407 e. The molecule has 1 aliphatic heterocycles. The predicted octanol–water partition coefficient (Wildman–Crippen LogP) is 4.21. The number of carbonyl (C=O) groups excluding carboxylic acids is 2. The Morgan fingerprint density at radius 3 is 2.78 bits per heavy atom. The molecule has 4 rings (SSSR count). The number of benzene rings is 2. The van der Waals surface area contributed by atoms with Gasteiger partial charge in [0.1, 0.15) is 18.2 Å². The molecule has 3 aromatic rings. The molecule has 7 nitrogen and oxygen atoms in total. The largest absolute Gasteiger partial charge is 0.453 e. The van der Waals surface area contributed by atoms with Crippen LogP contribution in [-0.2, 0) is 9.53 Å². The lowest BCUT2D eigenvalue weighted by atomic mass is 9.97. The number of ether oxygens (including phenoxy) is 1. The molecule has 0 bridgehead atoms. The van der Waals surface area contributed by atoms with Crippen molar-refractivity contribution in [3.8, 4) is 22.4 Å². The Balaban J connectivity index is 1.58. The van der Waals surface area contributed by atoms with E-state index >= 15 is 0 Å². The Morgan fingerprint density at radius 2 is 2.03 bits per heavy atom. The van der Waals surface area contributed by atoms with Gasteiger partial charge in [-0.15, -0.1) is 0 Å². The second kappa shape index (κ2) is 9.21. The summed E-state index contributed by atoms with van der Waals surface area (Å²) in [5.41, 5.74) is 3.72. The van der Waals surface area contributed by atoms with Crippen molar-refractivity contribution < 1.29 is 18.7 Å². The molecule has 0 unspecified atom stereocenters. The van der Waals surface area contributed by atoms with E-state index in [1.54, 1.807) is 18.0 Å². The lowest BCUT2D eigenvalue weighted by Crippen LogP contribution is -2.40. The molecule has 1 fully saturated rings. The SMILES string of the molecule is COC(=O)NCC(=O)N1CCC[C@H]1c1ncc(-c2cc(F)c(C)c(-c3ccccc3)c2)[nH]1. The van der Waals surface area contributed by atoms with Gasteiger partial charge in [-0.05, 0) is 48.6 Å². The number of aromatic nitrogens is 2. The normalized spacial score (nSPS) is 15.6. The highest BCUT2D eigenvalue weighted by Gasteiger charge is 2.32. The third-order valence-corrected chi connectivity index (χ3v) is 5.79. The fourth-order valence-electron chi connectivity index (χ4n) is 4.08. The molecule has 2 N–H and O–H groups in total. The number of carbonyl (C=O) groups is 2. The van der Waals surface area contributed by atoms with Crippen LogP contribution >= 0.6 is 0 Å². The van der Waals surface area contributed by atoms with Gasteiger partial charge in [0.15, 0.2) is 0 Å². The van der Waals surface area contributed by atoms with E-state index in [-0.39, 0.29) is 24.3 Å². The molecule has 2 amide bonds. The number of imidazole rings is 1. The van der Waals surface area contributed by atoms with Crippen LogP contribution in [0.15, 0.2) is 48.7 Å². The van der Waals surface area contributed by atoms with Crippen LogP contribution in [-0.4, -0.2) is 47.1 Å². The minimum absolute atomic E-state index is 0.139. The number of hydrogen-bond donors (Lipinski definition) is 2. The van der Waals surface area contributed by atoms with Crippen LogP contribution < -0.4 is 5.32 Å². The molecule has 166 valence electrons. The smallest absolute Gasteiger partial charge is 0.407 e. The van der Waals surface area contributed by atoms with E-state index in [1.165, 1.54) is 13.2 Å². The molecule has 0 spiro atoms. The standard InChI is InChI=1S/C24H25FN4O3/c1-15-18(16-7-4-3-5-8-16)11-17(12-19(15)25)20-13-26-23(28-20)21-9-6-10-29(21)22(30)14-27-24(31)32-2/h3-5,7-8,11-13,21H,6,9-10,14H2,1-2H3,(H,26,28)(H,27,31)/t21-/m0/s1. The Bertz CT molecular complexity index is 1130. The summed E-state index contributed by atoms with van der Waals surface area (Å²) in [7, 11) is 1.25. The number of aromatic amines is 1. The number of halogens is 1. The van der Waals surface area contributed by atoms with Crippen molar-refractivity contribution in [3.05, 3.63) is 65.9 Å². The summed E-state index contributed by atoms with van der Waals surface area (Å²) >= 11 is 0. The second-order valence-electron chi connectivity index (χ2n) is 7.77. The lowest BCUT2D eigenvalue weighted by molar-refractivity contribution is -0.131. The number of alkyl carbamates (subject to hydrolysis) is 1. The molecule has 1 aliphatic rings. The minimum atomic E-state index is -0.648. The molecule has 1 atom stereocenters. The molecule has 0 radical (unpaired) electrons. The van der Waals surface area contributed by atoms with Crippen molar-refractivity contribution in [3.63, 3.8) is 0 Å². The average molecular weight is 436 g/mol. The second-order valence-corrected chi connectivity index (χ2v) is 7.77. The summed E-state index contributed by atoms with van der Waals surface area (Å²) in [6.45, 7) is 2.21. The number of hydrogen-bond acceptors (Lipinski definition) is 4. The molecule has 0 aliphatic carbocycles. The summed E-state index contributed by atoms with van der Waals surface area (Å²) < 4.78 is 19.3. The van der Waals surface area contributed by atoms with E-state index in [0.717, 1.165) is 24.0 Å². The van der Waals surface area contributed by atoms with E-state index in [1.807, 2.05) is 36.4 Å². The first kappa shape index (κ1) is 21.5. The number of likely N-dealkylation sites (tertiary alicyclic amines) is 1. The minimum Gasteiger partial charge on any atom is -0.453 e. The highest BCUT2D eigenvalue weighted by molar-refractivity contribution is 5.82. The van der Waals surface area contributed by atoms with Crippen molar-refractivity contribution >= 4 is 12.0 Å². The van der Waals surface area contributed by atoms with Gasteiger partial charge in [0.25, 0.3) is 0 Å². The summed E-state index contributed by atoms with van der Waals surface area (Å²) in [6.07, 6.45) is 2.61. The van der Waals surface area contributed by atoms with E-state index in [9.17, 15) is 14.0 Å². The van der Waals surface area contributed by atoms with E-state index in [0.29, 0.717) is 29.2 Å². The number of nitrogens with zero attached hydrogens (tertiary/aromatic N) is 2. The Kier molecular flexibility index (Phi) is 6.20. The quantitative estimate of drug-likeness (QED) is 0.627. The predicted molar refractivity (Wildman–Crippen MR) is 118 cm³/mol. The highest BCUT2D eigenvalue weighted by atomic mass is 19.1. The molecule has 8 heteroatoms. The van der Waals surface area contributed by atoms with Gasteiger partial charge in [0.05, 0.1) is 25.0 Å². The van der Waals surface area contributed by atoms with Gasteiger partial charge in [0, 0.05) is 12.1 Å². The number of amides is 2. The molecule has 1 aromatic heterocycles. The van der Waals surface area contributed by atoms with Crippen LogP contribution in [0.1, 0.15) is 30.3 Å². The molecule has 0 saturated carbocycles. The Morgan fingerprint density at radius 1 is 1.25 bits per heavy atom. The molecule has 2 aromatic carbocycles. The topological polar surface area (TPSA) is 87.3 Å². The van der Waals surface area contributed by atoms with Crippen LogP contribution in [0.5, 0.6) is 0 Å². The molecule has 2 heterocycles. The van der Waals surface area contributed by atoms with Crippen LogP contribution in [0, 0.1) is 12.7 Å². The summed E-state index contributed by atoms with van der Waals surface area (Å²) in [5, 5.41) is 2.42. The summed E-state index contributed by atoms with van der Waals surface area (Å²) in [6, 6.07) is 12.9. The Hall–Kier alpha value is -3.68.